The number of hydrogen-bond donors (Lipinski definition) is 2. The molecule has 1 aromatic heterocycles. The number of hydrogen-bond acceptors (Lipinski definition) is 6. The van der Waals surface area contributed by atoms with Crippen LogP contribution in [0.4, 0.5) is 36.6 Å². The van der Waals surface area contributed by atoms with Crippen molar-refractivity contribution in [1.82, 2.24) is 10.1 Å². The van der Waals surface area contributed by atoms with Crippen LogP contribution in [0.2, 0.25) is 0 Å². The Bertz CT molecular complexity index is 526. The average molecular weight is 297 g/mol. The molecule has 0 aromatic carbocycles. The van der Waals surface area contributed by atoms with Gasteiger partial charge in [0.05, 0.1) is 0 Å². The summed E-state index contributed by atoms with van der Waals surface area (Å²) >= 11 is 0. The predicted molar refractivity (Wildman–Crippen MR) is 40.9 cm³/mol. The molecule has 1 aromatic rings. The van der Waals surface area contributed by atoms with Crippen LogP contribution in [-0.4, -0.2) is 27.4 Å². The molecular weight excluding hydrogens is 295 g/mol. The van der Waals surface area contributed by atoms with Crippen LogP contribution in [0, 0.1) is 0 Å². The van der Waals surface area contributed by atoms with Crippen molar-refractivity contribution in [1.29, 1.82) is 0 Å². The monoisotopic (exact) mass is 297 g/mol. The lowest BCUT2D eigenvalue weighted by Gasteiger charge is -2.26. The fourth-order valence-electron chi connectivity index (χ4n) is 0.816. The average Bonchev–Trinajstić information content (AvgIpc) is 2.27. The molecule has 1 heterocycles. The Balaban J connectivity index is 3.39. The Kier molecular flexibility index (Phi) is 3.45. The van der Waals surface area contributed by atoms with Crippen molar-refractivity contribution in [2.45, 2.75) is 18.0 Å². The molecule has 0 bridgehead atoms. The second-order valence-corrected chi connectivity index (χ2v) is 3.01. The highest BCUT2D eigenvalue weighted by Gasteiger charge is 2.75. The van der Waals surface area contributed by atoms with E-state index in [4.69, 9.17) is 5.21 Å². The lowest BCUT2D eigenvalue weighted by molar-refractivity contribution is -0.362. The summed E-state index contributed by atoms with van der Waals surface area (Å²) < 4.78 is 90.2. The summed E-state index contributed by atoms with van der Waals surface area (Å²) in [6.07, 6.45) is -6.59. The lowest BCUT2D eigenvalue weighted by Crippen LogP contribution is -2.51. The fourth-order valence-corrected chi connectivity index (χ4v) is 0.816. The Hall–Kier alpha value is -1.92. The van der Waals surface area contributed by atoms with E-state index < -0.39 is 35.3 Å². The van der Waals surface area contributed by atoms with Crippen LogP contribution in [0.15, 0.2) is 9.32 Å². The second kappa shape index (κ2) is 4.32. The molecule has 0 aliphatic carbocycles. The third-order valence-electron chi connectivity index (χ3n) is 1.76. The first-order chi connectivity index (χ1) is 8.45. The third-order valence-corrected chi connectivity index (χ3v) is 1.76. The highest BCUT2D eigenvalue weighted by molar-refractivity contribution is 5.26. The van der Waals surface area contributed by atoms with Gasteiger partial charge in [0.2, 0.25) is 11.6 Å². The Morgan fingerprint density at radius 2 is 1.63 bits per heavy atom. The van der Waals surface area contributed by atoms with E-state index in [0.717, 1.165) is 5.48 Å². The van der Waals surface area contributed by atoms with Gasteiger partial charge in [0, 0.05) is 0 Å². The predicted octanol–water partition coefficient (Wildman–Crippen LogP) is 1.52. The van der Waals surface area contributed by atoms with Crippen LogP contribution in [0.1, 0.15) is 5.82 Å². The van der Waals surface area contributed by atoms with E-state index in [2.05, 4.69) is 14.7 Å². The van der Waals surface area contributed by atoms with Crippen molar-refractivity contribution in [3.63, 3.8) is 0 Å². The van der Waals surface area contributed by atoms with Gasteiger partial charge in [-0.15, -0.1) is 0 Å². The van der Waals surface area contributed by atoms with Crippen molar-refractivity contribution in [3.05, 3.63) is 16.2 Å². The van der Waals surface area contributed by atoms with Crippen LogP contribution in [0.5, 0.6) is 0 Å². The van der Waals surface area contributed by atoms with Gasteiger partial charge in [0.1, 0.15) is 0 Å². The first-order valence-electron chi connectivity index (χ1n) is 4.06. The summed E-state index contributed by atoms with van der Waals surface area (Å²) in [7, 11) is 0. The minimum absolute atomic E-state index is 0.881. The van der Waals surface area contributed by atoms with Crippen LogP contribution in [0.25, 0.3) is 0 Å². The van der Waals surface area contributed by atoms with E-state index in [0.29, 0.717) is 0 Å². The van der Waals surface area contributed by atoms with Crippen molar-refractivity contribution < 1.29 is 40.5 Å². The van der Waals surface area contributed by atoms with Gasteiger partial charge >= 0.3 is 23.6 Å². The number of nitrogens with one attached hydrogen (secondary N) is 1. The number of aromatic nitrogens is 2. The molecule has 0 radical (unpaired) electrons. The van der Waals surface area contributed by atoms with Gasteiger partial charge in [-0.25, -0.2) is 10.3 Å². The Labute approximate surface area is 97.3 Å². The zero-order chi connectivity index (χ0) is 15.1. The number of halogens is 7. The molecule has 19 heavy (non-hydrogen) atoms. The summed E-state index contributed by atoms with van der Waals surface area (Å²) in [6, 6.07) is 0. The molecule has 0 atom stereocenters. The van der Waals surface area contributed by atoms with E-state index in [1.807, 2.05) is 0 Å². The summed E-state index contributed by atoms with van der Waals surface area (Å²) in [5.41, 5.74) is -0.774. The van der Waals surface area contributed by atoms with Crippen molar-refractivity contribution >= 4 is 5.82 Å². The van der Waals surface area contributed by atoms with Crippen LogP contribution >= 0.6 is 0 Å². The molecule has 108 valence electrons. The molecule has 1 rings (SSSR count). The zero-order valence-corrected chi connectivity index (χ0v) is 8.30. The minimum atomic E-state index is -6.59. The summed E-state index contributed by atoms with van der Waals surface area (Å²) in [5, 5.41) is 10.3. The van der Waals surface area contributed by atoms with Crippen molar-refractivity contribution in [2.75, 3.05) is 5.48 Å². The third kappa shape index (κ3) is 2.32. The smallest absolute Gasteiger partial charge is 0.307 e. The van der Waals surface area contributed by atoms with Crippen LogP contribution in [0.3, 0.4) is 0 Å². The highest BCUT2D eigenvalue weighted by atomic mass is 19.4. The lowest BCUT2D eigenvalue weighted by atomic mass is 10.1. The van der Waals surface area contributed by atoms with Gasteiger partial charge in [-0.2, -0.15) is 35.7 Å². The summed E-state index contributed by atoms with van der Waals surface area (Å²) in [4.78, 5) is 12.9. The van der Waals surface area contributed by atoms with E-state index in [1.165, 1.54) is 0 Å². The SMILES string of the molecule is O=c1onc(C(F)(F)C(F)(F)C(F)(F)F)nc1NO. The van der Waals surface area contributed by atoms with Crippen molar-refractivity contribution in [2.24, 2.45) is 0 Å². The van der Waals surface area contributed by atoms with E-state index in [9.17, 15) is 35.5 Å². The van der Waals surface area contributed by atoms with E-state index in [1.54, 1.807) is 0 Å². The normalized spacial score (nSPS) is 13.5. The molecule has 0 aliphatic heterocycles. The van der Waals surface area contributed by atoms with Crippen molar-refractivity contribution in [3.8, 4) is 0 Å². The maximum Gasteiger partial charge on any atom is 0.460 e. The largest absolute Gasteiger partial charge is 0.460 e. The maximum absolute atomic E-state index is 13.0. The summed E-state index contributed by atoms with van der Waals surface area (Å²) in [5.74, 6) is -16.3. The van der Waals surface area contributed by atoms with Gasteiger partial charge in [-0.05, 0) is 0 Å². The molecular formula is C6H2F7N3O3. The molecule has 0 saturated carbocycles. The fraction of sp³-hybridized carbons (Fsp3) is 0.500. The highest BCUT2D eigenvalue weighted by Crippen LogP contribution is 2.50. The topological polar surface area (TPSA) is 88.2 Å². The van der Waals surface area contributed by atoms with Gasteiger partial charge in [0.25, 0.3) is 0 Å². The number of nitrogens with zero attached hydrogens (tertiary/aromatic N) is 2. The van der Waals surface area contributed by atoms with Gasteiger partial charge in [0.15, 0.2) is 0 Å². The Morgan fingerprint density at radius 3 is 2.05 bits per heavy atom. The number of alkyl halides is 7. The molecule has 0 amide bonds. The van der Waals surface area contributed by atoms with Gasteiger partial charge in [-0.3, -0.25) is 5.21 Å². The maximum atomic E-state index is 13.0. The van der Waals surface area contributed by atoms with Gasteiger partial charge < -0.3 is 4.52 Å². The molecule has 0 fully saturated rings. The summed E-state index contributed by atoms with van der Waals surface area (Å²) in [6.45, 7) is 0. The quantitative estimate of drug-likeness (QED) is 0.649. The molecule has 13 heteroatoms. The van der Waals surface area contributed by atoms with Gasteiger partial charge in [-0.1, -0.05) is 5.16 Å². The minimum Gasteiger partial charge on any atom is -0.307 e. The molecule has 2 N–H and O–H groups in total. The van der Waals surface area contributed by atoms with Crippen LogP contribution in [-0.2, 0) is 5.92 Å². The molecule has 0 spiro atoms. The van der Waals surface area contributed by atoms with E-state index >= 15 is 0 Å². The Morgan fingerprint density at radius 1 is 1.11 bits per heavy atom. The molecule has 0 unspecified atom stereocenters. The first kappa shape index (κ1) is 15.1. The first-order valence-corrected chi connectivity index (χ1v) is 4.06. The molecule has 0 aliphatic rings. The zero-order valence-electron chi connectivity index (χ0n) is 8.30. The standard InChI is InChI=1S/C6H2F7N3O3/c7-4(8,5(9,10)6(11,12)13)3-14-1(15-18)2(17)19-16-3/h18H,(H,14,15,16). The number of anilines is 1. The van der Waals surface area contributed by atoms with E-state index in [-0.39, 0.29) is 0 Å². The van der Waals surface area contributed by atoms with Crippen LogP contribution < -0.4 is 11.1 Å². The second-order valence-electron chi connectivity index (χ2n) is 3.01. The molecule has 6 nitrogen and oxygen atoms in total. The number of rotatable bonds is 3. The molecule has 0 saturated heterocycles.